The standard InChI is InChI=1S/C14H11BrFN3O3S/c1-22-12(20)5-11-13(21)18-14(23-11)19-17-7-9-3-2-8(6-15)4-10(9)16/h2-5,7H,6H2,1H3,(H,18,19,21)/b11-5+,17-7?. The van der Waals surface area contributed by atoms with Crippen molar-refractivity contribution in [3.63, 3.8) is 0 Å². The molecular formula is C14H11BrFN3O3S. The number of esters is 1. The number of nitrogens with one attached hydrogen (secondary N) is 1. The Bertz CT molecular complexity index is 734. The minimum absolute atomic E-state index is 0.152. The topological polar surface area (TPSA) is 80.1 Å². The van der Waals surface area contributed by atoms with Gasteiger partial charge >= 0.3 is 5.97 Å². The number of alkyl halides is 1. The number of amides is 1. The third kappa shape index (κ3) is 4.73. The predicted molar refractivity (Wildman–Crippen MR) is 89.9 cm³/mol. The number of carbonyl (C=O) groups is 2. The maximum Gasteiger partial charge on any atom is 0.331 e. The van der Waals surface area contributed by atoms with Crippen LogP contribution in [0.4, 0.5) is 4.39 Å². The molecule has 6 nitrogen and oxygen atoms in total. The SMILES string of the molecule is COC(=O)/C=C1/S/C(=N\N=Cc2ccc(CBr)cc2F)NC1=O. The Balaban J connectivity index is 2.08. The van der Waals surface area contributed by atoms with Crippen molar-refractivity contribution < 1.29 is 18.7 Å². The van der Waals surface area contributed by atoms with Gasteiger partial charge in [0.1, 0.15) is 5.82 Å². The molecule has 0 atom stereocenters. The first-order valence-corrected chi connectivity index (χ1v) is 8.21. The lowest BCUT2D eigenvalue weighted by molar-refractivity contribution is -0.135. The van der Waals surface area contributed by atoms with Crippen molar-refractivity contribution >= 4 is 51.0 Å². The molecule has 1 saturated heterocycles. The second-order valence-corrected chi connectivity index (χ2v) is 5.82. The average Bonchev–Trinajstić information content (AvgIpc) is 2.88. The van der Waals surface area contributed by atoms with Gasteiger partial charge in [-0.2, -0.15) is 5.10 Å². The molecule has 1 aliphatic heterocycles. The summed E-state index contributed by atoms with van der Waals surface area (Å²) in [5.41, 5.74) is 1.08. The molecule has 0 bridgehead atoms. The monoisotopic (exact) mass is 399 g/mol. The van der Waals surface area contributed by atoms with E-state index in [1.807, 2.05) is 0 Å². The van der Waals surface area contributed by atoms with E-state index >= 15 is 0 Å². The second-order valence-electron chi connectivity index (χ2n) is 4.23. The van der Waals surface area contributed by atoms with Gasteiger partial charge in [-0.3, -0.25) is 10.1 Å². The zero-order valence-electron chi connectivity index (χ0n) is 11.9. The minimum atomic E-state index is -0.638. The number of nitrogens with zero attached hydrogens (tertiary/aromatic N) is 2. The molecule has 9 heteroatoms. The fraction of sp³-hybridized carbons (Fsp3) is 0.143. The number of methoxy groups -OCH3 is 1. The maximum absolute atomic E-state index is 13.7. The summed E-state index contributed by atoms with van der Waals surface area (Å²) in [6.45, 7) is 0. The largest absolute Gasteiger partial charge is 0.466 e. The Morgan fingerprint density at radius 1 is 1.52 bits per heavy atom. The number of carbonyl (C=O) groups excluding carboxylic acids is 2. The second kappa shape index (κ2) is 8.02. The Morgan fingerprint density at radius 3 is 2.96 bits per heavy atom. The van der Waals surface area contributed by atoms with Gasteiger partial charge in [0.05, 0.1) is 18.2 Å². The quantitative estimate of drug-likeness (QED) is 0.277. The normalized spacial score (nSPS) is 18.0. The molecule has 1 fully saturated rings. The average molecular weight is 400 g/mol. The number of ether oxygens (including phenoxy) is 1. The van der Waals surface area contributed by atoms with E-state index in [9.17, 15) is 14.0 Å². The summed E-state index contributed by atoms with van der Waals surface area (Å²) in [5.74, 6) is -1.52. The van der Waals surface area contributed by atoms with Gasteiger partial charge in [0.25, 0.3) is 5.91 Å². The van der Waals surface area contributed by atoms with Crippen molar-refractivity contribution in [3.05, 3.63) is 46.1 Å². The van der Waals surface area contributed by atoms with Crippen LogP contribution in [-0.4, -0.2) is 30.4 Å². The summed E-state index contributed by atoms with van der Waals surface area (Å²) in [4.78, 5) is 22.8. The van der Waals surface area contributed by atoms with Crippen LogP contribution in [0.15, 0.2) is 39.4 Å². The molecule has 0 radical (unpaired) electrons. The van der Waals surface area contributed by atoms with Crippen LogP contribution in [0.2, 0.25) is 0 Å². The Labute approximate surface area is 144 Å². The molecule has 1 aliphatic rings. The lowest BCUT2D eigenvalue weighted by atomic mass is 10.1. The predicted octanol–water partition coefficient (Wildman–Crippen LogP) is 2.33. The molecule has 120 valence electrons. The highest BCUT2D eigenvalue weighted by atomic mass is 79.9. The fourth-order valence-corrected chi connectivity index (χ4v) is 2.63. The van der Waals surface area contributed by atoms with Crippen molar-refractivity contribution in [2.24, 2.45) is 10.2 Å². The highest BCUT2D eigenvalue weighted by Crippen LogP contribution is 2.23. The van der Waals surface area contributed by atoms with E-state index < -0.39 is 17.7 Å². The van der Waals surface area contributed by atoms with Crippen LogP contribution in [0.5, 0.6) is 0 Å². The number of hydrogen-bond donors (Lipinski definition) is 1. The zero-order valence-corrected chi connectivity index (χ0v) is 14.3. The first kappa shape index (κ1) is 17.4. The van der Waals surface area contributed by atoms with Crippen molar-refractivity contribution in [1.29, 1.82) is 0 Å². The van der Waals surface area contributed by atoms with E-state index in [2.05, 4.69) is 36.2 Å². The summed E-state index contributed by atoms with van der Waals surface area (Å²) in [7, 11) is 1.21. The van der Waals surface area contributed by atoms with E-state index in [0.29, 0.717) is 5.33 Å². The lowest BCUT2D eigenvalue weighted by Gasteiger charge is -1.98. The smallest absolute Gasteiger partial charge is 0.331 e. The highest BCUT2D eigenvalue weighted by molar-refractivity contribution is 9.08. The fourth-order valence-electron chi connectivity index (χ4n) is 1.54. The molecule has 0 aromatic heterocycles. The number of thioether (sulfide) groups is 1. The third-order valence-electron chi connectivity index (χ3n) is 2.67. The van der Waals surface area contributed by atoms with Crippen LogP contribution in [0.1, 0.15) is 11.1 Å². The Hall–Kier alpha value is -2.00. The molecule has 1 aromatic rings. The van der Waals surface area contributed by atoms with E-state index in [1.54, 1.807) is 12.1 Å². The highest BCUT2D eigenvalue weighted by Gasteiger charge is 2.24. The number of rotatable bonds is 4. The third-order valence-corrected chi connectivity index (χ3v) is 4.21. The van der Waals surface area contributed by atoms with Crippen LogP contribution in [0.3, 0.4) is 0 Å². The van der Waals surface area contributed by atoms with Gasteiger partial charge < -0.3 is 4.74 Å². The van der Waals surface area contributed by atoms with Crippen LogP contribution >= 0.6 is 27.7 Å². The van der Waals surface area contributed by atoms with E-state index in [0.717, 1.165) is 23.4 Å². The van der Waals surface area contributed by atoms with E-state index in [4.69, 9.17) is 0 Å². The number of benzene rings is 1. The molecule has 1 heterocycles. The van der Waals surface area contributed by atoms with Gasteiger partial charge in [0.2, 0.25) is 0 Å². The van der Waals surface area contributed by atoms with Gasteiger partial charge in [-0.15, -0.1) is 5.10 Å². The van der Waals surface area contributed by atoms with E-state index in [-0.39, 0.29) is 15.6 Å². The summed E-state index contributed by atoms with van der Waals surface area (Å²) >= 11 is 4.19. The maximum atomic E-state index is 13.7. The summed E-state index contributed by atoms with van der Waals surface area (Å²) in [5, 5.41) is 10.7. The van der Waals surface area contributed by atoms with Gasteiger partial charge in [0.15, 0.2) is 5.17 Å². The van der Waals surface area contributed by atoms with Crippen LogP contribution in [-0.2, 0) is 19.7 Å². The van der Waals surface area contributed by atoms with Crippen molar-refractivity contribution in [3.8, 4) is 0 Å². The van der Waals surface area contributed by atoms with Crippen molar-refractivity contribution in [2.45, 2.75) is 5.33 Å². The van der Waals surface area contributed by atoms with Crippen LogP contribution in [0.25, 0.3) is 0 Å². The molecule has 1 amide bonds. The molecule has 0 saturated carbocycles. The van der Waals surface area contributed by atoms with Crippen LogP contribution in [0, 0.1) is 5.82 Å². The molecule has 1 N–H and O–H groups in total. The zero-order chi connectivity index (χ0) is 16.8. The number of halogens is 2. The molecule has 1 aromatic carbocycles. The van der Waals surface area contributed by atoms with Gasteiger partial charge in [-0.25, -0.2) is 9.18 Å². The lowest BCUT2D eigenvalue weighted by Crippen LogP contribution is -2.19. The Kier molecular flexibility index (Phi) is 6.05. The molecule has 2 rings (SSSR count). The number of hydrogen-bond acceptors (Lipinski definition) is 6. The Morgan fingerprint density at radius 2 is 2.30 bits per heavy atom. The number of amidine groups is 1. The molecular weight excluding hydrogens is 389 g/mol. The molecule has 0 unspecified atom stereocenters. The minimum Gasteiger partial charge on any atom is -0.466 e. The van der Waals surface area contributed by atoms with Crippen molar-refractivity contribution in [1.82, 2.24) is 5.32 Å². The summed E-state index contributed by atoms with van der Waals surface area (Å²) in [6, 6.07) is 4.74. The molecule has 0 spiro atoms. The first-order valence-electron chi connectivity index (χ1n) is 6.27. The molecule has 0 aliphatic carbocycles. The van der Waals surface area contributed by atoms with E-state index in [1.165, 1.54) is 19.4 Å². The van der Waals surface area contributed by atoms with Gasteiger partial charge in [0, 0.05) is 17.0 Å². The van der Waals surface area contributed by atoms with Gasteiger partial charge in [-0.05, 0) is 23.4 Å². The van der Waals surface area contributed by atoms with Crippen LogP contribution < -0.4 is 5.32 Å². The van der Waals surface area contributed by atoms with Gasteiger partial charge in [-0.1, -0.05) is 28.1 Å². The molecule has 23 heavy (non-hydrogen) atoms. The first-order chi connectivity index (χ1) is 11.0. The summed E-state index contributed by atoms with van der Waals surface area (Å²) in [6.07, 6.45) is 2.31. The van der Waals surface area contributed by atoms with Crippen molar-refractivity contribution in [2.75, 3.05) is 7.11 Å². The summed E-state index contributed by atoms with van der Waals surface area (Å²) < 4.78 is 18.2.